The van der Waals surface area contributed by atoms with Crippen LogP contribution in [-0.4, -0.2) is 38.9 Å². The van der Waals surface area contributed by atoms with Crippen LogP contribution < -0.4 is 4.31 Å². The Balaban J connectivity index is 1.99. The second kappa shape index (κ2) is 9.52. The van der Waals surface area contributed by atoms with Crippen molar-refractivity contribution in [2.24, 2.45) is 0 Å². The van der Waals surface area contributed by atoms with Gasteiger partial charge in [-0.05, 0) is 50.1 Å². The summed E-state index contributed by atoms with van der Waals surface area (Å²) in [5.74, 6) is -0.454. The van der Waals surface area contributed by atoms with E-state index in [4.69, 9.17) is 0 Å². The van der Waals surface area contributed by atoms with E-state index in [2.05, 4.69) is 0 Å². The van der Waals surface area contributed by atoms with Gasteiger partial charge in [0.25, 0.3) is 10.0 Å². The number of hydrogen-bond donors (Lipinski definition) is 0. The largest absolute Gasteiger partial charge is 0.416 e. The number of hydrogen-bond acceptors (Lipinski definition) is 3. The van der Waals surface area contributed by atoms with Crippen molar-refractivity contribution in [3.8, 4) is 0 Å². The number of carbonyl (C=O) groups is 1. The van der Waals surface area contributed by atoms with E-state index in [-0.39, 0.29) is 16.6 Å². The van der Waals surface area contributed by atoms with Gasteiger partial charge >= 0.3 is 6.18 Å². The van der Waals surface area contributed by atoms with E-state index in [1.165, 1.54) is 23.1 Å². The Labute approximate surface area is 186 Å². The molecule has 1 fully saturated rings. The fourth-order valence-corrected chi connectivity index (χ4v) is 5.30. The number of anilines is 1. The van der Waals surface area contributed by atoms with Gasteiger partial charge in [0.05, 0.1) is 16.1 Å². The van der Waals surface area contributed by atoms with Gasteiger partial charge < -0.3 is 4.90 Å². The molecule has 0 unspecified atom stereocenters. The molecule has 5 nitrogen and oxygen atoms in total. The third kappa shape index (κ3) is 5.43. The molecule has 9 heteroatoms. The van der Waals surface area contributed by atoms with Crippen LogP contribution in [0, 0.1) is 6.92 Å². The maximum absolute atomic E-state index is 13.4. The molecule has 0 radical (unpaired) electrons. The number of aryl methyl sites for hydroxylation is 1. The van der Waals surface area contributed by atoms with Crippen molar-refractivity contribution in [3.05, 3.63) is 59.7 Å². The highest BCUT2D eigenvalue weighted by atomic mass is 32.2. The summed E-state index contributed by atoms with van der Waals surface area (Å²) in [6, 6.07) is 10.0. The van der Waals surface area contributed by atoms with E-state index in [0.29, 0.717) is 0 Å². The van der Waals surface area contributed by atoms with E-state index < -0.39 is 34.2 Å². The third-order valence-electron chi connectivity index (χ3n) is 5.87. The Bertz CT molecular complexity index is 1050. The van der Waals surface area contributed by atoms with Gasteiger partial charge in [0.1, 0.15) is 6.54 Å². The molecule has 0 bridgehead atoms. The second-order valence-electron chi connectivity index (χ2n) is 8.17. The normalized spacial score (nSPS) is 15.4. The lowest BCUT2D eigenvalue weighted by Gasteiger charge is -2.33. The lowest BCUT2D eigenvalue weighted by molar-refractivity contribution is -0.137. The standard InChI is InChI=1S/C23H27F3N2O3S/c1-17-11-13-21(14-12-17)32(30,31)28(20-10-6-7-18(15-20)23(24,25)26)16-22(29)27(2)19-8-4-3-5-9-19/h6-7,10-15,19H,3-5,8-9,16H2,1-2H3. The van der Waals surface area contributed by atoms with Gasteiger partial charge in [0.2, 0.25) is 5.91 Å². The van der Waals surface area contributed by atoms with E-state index in [0.717, 1.165) is 60.2 Å². The second-order valence-corrected chi connectivity index (χ2v) is 10.0. The fraction of sp³-hybridized carbons (Fsp3) is 0.435. The first-order chi connectivity index (χ1) is 15.0. The molecular weight excluding hydrogens is 441 g/mol. The van der Waals surface area contributed by atoms with Gasteiger partial charge in [-0.1, -0.05) is 43.0 Å². The summed E-state index contributed by atoms with van der Waals surface area (Å²) < 4.78 is 67.5. The van der Waals surface area contributed by atoms with Crippen LogP contribution in [0.1, 0.15) is 43.2 Å². The molecular formula is C23H27F3N2O3S. The van der Waals surface area contributed by atoms with Crippen molar-refractivity contribution in [1.29, 1.82) is 0 Å². The number of amides is 1. The molecule has 1 aliphatic carbocycles. The predicted octanol–water partition coefficient (Wildman–Crippen LogP) is 5.00. The number of sulfonamides is 1. The van der Waals surface area contributed by atoms with Crippen molar-refractivity contribution in [1.82, 2.24) is 4.90 Å². The van der Waals surface area contributed by atoms with Gasteiger partial charge in [0, 0.05) is 13.1 Å². The van der Waals surface area contributed by atoms with E-state index in [9.17, 15) is 26.4 Å². The monoisotopic (exact) mass is 468 g/mol. The molecule has 0 N–H and O–H groups in total. The average Bonchev–Trinajstić information content (AvgIpc) is 2.77. The first-order valence-electron chi connectivity index (χ1n) is 10.5. The highest BCUT2D eigenvalue weighted by Gasteiger charge is 2.34. The topological polar surface area (TPSA) is 57.7 Å². The molecule has 1 saturated carbocycles. The van der Waals surface area contributed by atoms with Gasteiger partial charge in [-0.2, -0.15) is 13.2 Å². The molecule has 1 amide bonds. The van der Waals surface area contributed by atoms with Crippen molar-refractivity contribution in [2.45, 2.75) is 56.1 Å². The summed E-state index contributed by atoms with van der Waals surface area (Å²) in [7, 11) is -2.65. The fourth-order valence-electron chi connectivity index (χ4n) is 3.90. The van der Waals surface area contributed by atoms with E-state index in [1.807, 2.05) is 0 Å². The first-order valence-corrected chi connectivity index (χ1v) is 12.0. The zero-order valence-corrected chi connectivity index (χ0v) is 18.9. The Morgan fingerprint density at radius 3 is 2.25 bits per heavy atom. The molecule has 2 aromatic carbocycles. The van der Waals surface area contributed by atoms with E-state index >= 15 is 0 Å². The summed E-state index contributed by atoms with van der Waals surface area (Å²) in [6.07, 6.45) is 0.0878. The number of rotatable bonds is 6. The SMILES string of the molecule is Cc1ccc(S(=O)(=O)N(CC(=O)N(C)C2CCCCC2)c2cccc(C(F)(F)F)c2)cc1. The lowest BCUT2D eigenvalue weighted by atomic mass is 9.94. The molecule has 0 aliphatic heterocycles. The number of benzene rings is 2. The highest BCUT2D eigenvalue weighted by Crippen LogP contribution is 2.33. The number of carbonyl (C=O) groups excluding carboxylic acids is 1. The minimum atomic E-state index is -4.64. The number of halogens is 3. The Hall–Kier alpha value is -2.55. The van der Waals surface area contributed by atoms with Crippen LogP contribution in [0.4, 0.5) is 18.9 Å². The molecule has 0 saturated heterocycles. The maximum atomic E-state index is 13.4. The van der Waals surface area contributed by atoms with Crippen LogP contribution in [0.2, 0.25) is 0 Å². The smallest absolute Gasteiger partial charge is 0.341 e. The highest BCUT2D eigenvalue weighted by molar-refractivity contribution is 7.92. The minimum Gasteiger partial charge on any atom is -0.341 e. The summed E-state index contributed by atoms with van der Waals surface area (Å²) in [4.78, 5) is 14.5. The molecule has 0 spiro atoms. The Morgan fingerprint density at radius 1 is 1.03 bits per heavy atom. The third-order valence-corrected chi connectivity index (χ3v) is 7.65. The average molecular weight is 469 g/mol. The molecule has 1 aliphatic rings. The quantitative estimate of drug-likeness (QED) is 0.600. The molecule has 0 atom stereocenters. The number of likely N-dealkylation sites (N-methyl/N-ethyl adjacent to an activating group) is 1. The molecule has 0 heterocycles. The maximum Gasteiger partial charge on any atom is 0.416 e. The molecule has 174 valence electrons. The zero-order chi connectivity index (χ0) is 23.5. The summed E-state index contributed by atoms with van der Waals surface area (Å²) >= 11 is 0. The molecule has 3 rings (SSSR count). The van der Waals surface area contributed by atoms with Crippen LogP contribution in [0.15, 0.2) is 53.4 Å². The van der Waals surface area contributed by atoms with Gasteiger partial charge in [-0.15, -0.1) is 0 Å². The minimum absolute atomic E-state index is 0.00156. The van der Waals surface area contributed by atoms with Crippen molar-refractivity contribution < 1.29 is 26.4 Å². The lowest BCUT2D eigenvalue weighted by Crippen LogP contribution is -2.46. The first kappa shape index (κ1) is 24.1. The summed E-state index contributed by atoms with van der Waals surface area (Å²) in [6.45, 7) is 1.22. The zero-order valence-electron chi connectivity index (χ0n) is 18.1. The van der Waals surface area contributed by atoms with E-state index in [1.54, 1.807) is 26.1 Å². The van der Waals surface area contributed by atoms with Crippen LogP contribution >= 0.6 is 0 Å². The Morgan fingerprint density at radius 2 is 1.66 bits per heavy atom. The van der Waals surface area contributed by atoms with Crippen LogP contribution in [0.3, 0.4) is 0 Å². The molecule has 0 aromatic heterocycles. The van der Waals surface area contributed by atoms with Gasteiger partial charge in [0.15, 0.2) is 0 Å². The van der Waals surface area contributed by atoms with Crippen molar-refractivity contribution in [2.75, 3.05) is 17.9 Å². The predicted molar refractivity (Wildman–Crippen MR) is 117 cm³/mol. The number of nitrogens with zero attached hydrogens (tertiary/aromatic N) is 2. The van der Waals surface area contributed by atoms with Gasteiger partial charge in [-0.25, -0.2) is 8.42 Å². The van der Waals surface area contributed by atoms with Crippen molar-refractivity contribution in [3.63, 3.8) is 0 Å². The summed E-state index contributed by atoms with van der Waals surface area (Å²) in [5.41, 5.74) is -0.347. The van der Waals surface area contributed by atoms with Crippen LogP contribution in [0.5, 0.6) is 0 Å². The Kier molecular flexibility index (Phi) is 7.17. The molecule has 2 aromatic rings. The number of alkyl halides is 3. The van der Waals surface area contributed by atoms with Crippen LogP contribution in [-0.2, 0) is 21.0 Å². The summed E-state index contributed by atoms with van der Waals surface area (Å²) in [5, 5.41) is 0. The molecule has 32 heavy (non-hydrogen) atoms. The van der Waals surface area contributed by atoms with Crippen LogP contribution in [0.25, 0.3) is 0 Å². The van der Waals surface area contributed by atoms with Gasteiger partial charge in [-0.3, -0.25) is 9.10 Å². The van der Waals surface area contributed by atoms with Crippen molar-refractivity contribution >= 4 is 21.6 Å².